The number of methoxy groups -OCH3 is 2. The minimum Gasteiger partial charge on any atom is -0.497 e. The highest BCUT2D eigenvalue weighted by Gasteiger charge is 2.18. The molecular formula is C20H17F2NO5S. The first kappa shape index (κ1) is 20.4. The lowest BCUT2D eigenvalue weighted by molar-refractivity contribution is 0.378. The number of anilines is 1. The first-order chi connectivity index (χ1) is 13.8. The fraction of sp³-hybridized carbons (Fsp3) is 0.100. The summed E-state index contributed by atoms with van der Waals surface area (Å²) >= 11 is 0. The molecule has 0 heterocycles. The first-order valence-corrected chi connectivity index (χ1v) is 9.78. The van der Waals surface area contributed by atoms with Crippen molar-refractivity contribution in [2.45, 2.75) is 4.90 Å². The number of hydrogen-bond acceptors (Lipinski definition) is 5. The Morgan fingerprint density at radius 1 is 0.759 bits per heavy atom. The third-order valence-electron chi connectivity index (χ3n) is 3.85. The molecule has 0 aliphatic heterocycles. The van der Waals surface area contributed by atoms with E-state index in [1.807, 2.05) is 0 Å². The highest BCUT2D eigenvalue weighted by Crippen LogP contribution is 2.35. The molecule has 9 heteroatoms. The quantitative estimate of drug-likeness (QED) is 0.605. The number of ether oxygens (including phenoxy) is 3. The fourth-order valence-corrected chi connectivity index (χ4v) is 3.58. The predicted octanol–water partition coefficient (Wildman–Crippen LogP) is 4.58. The summed E-state index contributed by atoms with van der Waals surface area (Å²) in [6, 6.07) is 13.1. The summed E-state index contributed by atoms with van der Waals surface area (Å²) in [5.74, 6) is -0.277. The summed E-state index contributed by atoms with van der Waals surface area (Å²) in [6.07, 6.45) is 0. The highest BCUT2D eigenvalue weighted by molar-refractivity contribution is 7.92. The molecule has 0 atom stereocenters. The third kappa shape index (κ3) is 4.94. The van der Waals surface area contributed by atoms with Crippen molar-refractivity contribution >= 4 is 15.7 Å². The van der Waals surface area contributed by atoms with Gasteiger partial charge in [0, 0.05) is 12.1 Å². The lowest BCUT2D eigenvalue weighted by Gasteiger charge is -2.14. The van der Waals surface area contributed by atoms with Gasteiger partial charge >= 0.3 is 0 Å². The molecule has 0 amide bonds. The van der Waals surface area contributed by atoms with E-state index in [4.69, 9.17) is 14.2 Å². The molecule has 0 spiro atoms. The number of halogens is 2. The average Bonchev–Trinajstić information content (AvgIpc) is 2.68. The van der Waals surface area contributed by atoms with E-state index in [0.29, 0.717) is 23.3 Å². The molecule has 0 aliphatic rings. The van der Waals surface area contributed by atoms with E-state index in [-0.39, 0.29) is 11.4 Å². The van der Waals surface area contributed by atoms with Crippen LogP contribution < -0.4 is 18.9 Å². The summed E-state index contributed by atoms with van der Waals surface area (Å²) < 4.78 is 70.1. The van der Waals surface area contributed by atoms with E-state index in [9.17, 15) is 17.2 Å². The van der Waals surface area contributed by atoms with Gasteiger partial charge in [-0.15, -0.1) is 0 Å². The molecular weight excluding hydrogens is 404 g/mol. The molecule has 0 saturated carbocycles. The van der Waals surface area contributed by atoms with Crippen molar-refractivity contribution in [3.63, 3.8) is 0 Å². The third-order valence-corrected chi connectivity index (χ3v) is 5.21. The zero-order valence-electron chi connectivity index (χ0n) is 15.5. The molecule has 0 saturated heterocycles. The van der Waals surface area contributed by atoms with Gasteiger partial charge < -0.3 is 14.2 Å². The molecule has 1 N–H and O–H groups in total. The van der Waals surface area contributed by atoms with Crippen molar-refractivity contribution < 1.29 is 31.4 Å². The summed E-state index contributed by atoms with van der Waals surface area (Å²) in [5.41, 5.74) is 0.124. The van der Waals surface area contributed by atoms with Crippen LogP contribution in [0.5, 0.6) is 23.0 Å². The SMILES string of the molecule is COc1ccc(Oc2cc(NS(=O)(=O)c3cc(F)cc(F)c3)ccc2OC)cc1. The zero-order chi connectivity index (χ0) is 21.0. The molecule has 29 heavy (non-hydrogen) atoms. The largest absolute Gasteiger partial charge is 0.497 e. The number of benzene rings is 3. The molecule has 0 bridgehead atoms. The topological polar surface area (TPSA) is 73.9 Å². The number of sulfonamides is 1. The second kappa shape index (κ2) is 8.36. The molecule has 0 aromatic heterocycles. The Morgan fingerprint density at radius 2 is 1.38 bits per heavy atom. The van der Waals surface area contributed by atoms with Gasteiger partial charge in [0.2, 0.25) is 0 Å². The fourth-order valence-electron chi connectivity index (χ4n) is 2.49. The van der Waals surface area contributed by atoms with Gasteiger partial charge in [0.1, 0.15) is 23.1 Å². The molecule has 0 aliphatic carbocycles. The molecule has 0 radical (unpaired) electrons. The van der Waals surface area contributed by atoms with E-state index >= 15 is 0 Å². The van der Waals surface area contributed by atoms with E-state index in [2.05, 4.69) is 4.72 Å². The van der Waals surface area contributed by atoms with Crippen LogP contribution in [0.25, 0.3) is 0 Å². The van der Waals surface area contributed by atoms with Gasteiger partial charge in [-0.2, -0.15) is 0 Å². The Labute approximate surface area is 166 Å². The van der Waals surface area contributed by atoms with Crippen molar-refractivity contribution in [3.05, 3.63) is 72.3 Å². The van der Waals surface area contributed by atoms with Gasteiger partial charge in [0.05, 0.1) is 24.8 Å². The van der Waals surface area contributed by atoms with Crippen LogP contribution in [-0.2, 0) is 10.0 Å². The minimum absolute atomic E-state index is 0.124. The van der Waals surface area contributed by atoms with Gasteiger partial charge in [0.15, 0.2) is 11.5 Å². The monoisotopic (exact) mass is 421 g/mol. The Kier molecular flexibility index (Phi) is 5.88. The normalized spacial score (nSPS) is 11.0. The summed E-state index contributed by atoms with van der Waals surface area (Å²) in [5, 5.41) is 0. The molecule has 3 aromatic carbocycles. The van der Waals surface area contributed by atoms with E-state index in [0.717, 1.165) is 12.1 Å². The molecule has 0 fully saturated rings. The maximum atomic E-state index is 13.4. The summed E-state index contributed by atoms with van der Waals surface area (Å²) in [7, 11) is -1.24. The van der Waals surface area contributed by atoms with Crippen LogP contribution in [-0.4, -0.2) is 22.6 Å². The van der Waals surface area contributed by atoms with Crippen LogP contribution in [0.3, 0.4) is 0 Å². The van der Waals surface area contributed by atoms with Crippen LogP contribution in [0.4, 0.5) is 14.5 Å². The smallest absolute Gasteiger partial charge is 0.262 e. The standard InChI is InChI=1S/C20H17F2NO5S/c1-26-16-4-6-17(7-5-16)28-20-12-15(3-8-19(20)27-2)23-29(24,25)18-10-13(21)9-14(22)11-18/h3-12,23H,1-2H3. The van der Waals surface area contributed by atoms with Gasteiger partial charge in [-0.05, 0) is 48.5 Å². The van der Waals surface area contributed by atoms with Crippen molar-refractivity contribution in [3.8, 4) is 23.0 Å². The molecule has 3 aromatic rings. The lowest BCUT2D eigenvalue weighted by Crippen LogP contribution is -2.13. The molecule has 3 rings (SSSR count). The van der Waals surface area contributed by atoms with Crippen LogP contribution in [0.1, 0.15) is 0 Å². The number of rotatable bonds is 7. The van der Waals surface area contributed by atoms with E-state index < -0.39 is 26.6 Å². The molecule has 6 nitrogen and oxygen atoms in total. The Hall–Kier alpha value is -3.33. The second-order valence-corrected chi connectivity index (χ2v) is 7.54. The van der Waals surface area contributed by atoms with Gasteiger partial charge in [-0.1, -0.05) is 0 Å². The van der Waals surface area contributed by atoms with Gasteiger partial charge in [-0.3, -0.25) is 4.72 Å². The van der Waals surface area contributed by atoms with Crippen molar-refractivity contribution in [1.29, 1.82) is 0 Å². The van der Waals surface area contributed by atoms with Crippen LogP contribution in [0.2, 0.25) is 0 Å². The minimum atomic E-state index is -4.22. The number of hydrogen-bond donors (Lipinski definition) is 1. The number of nitrogens with one attached hydrogen (secondary N) is 1. The highest BCUT2D eigenvalue weighted by atomic mass is 32.2. The van der Waals surface area contributed by atoms with E-state index in [1.165, 1.54) is 25.3 Å². The molecule has 0 unspecified atom stereocenters. The summed E-state index contributed by atoms with van der Waals surface area (Å²) in [6.45, 7) is 0. The first-order valence-electron chi connectivity index (χ1n) is 8.29. The van der Waals surface area contributed by atoms with Crippen molar-refractivity contribution in [1.82, 2.24) is 0 Å². The van der Waals surface area contributed by atoms with Crippen LogP contribution in [0, 0.1) is 11.6 Å². The Morgan fingerprint density at radius 3 is 1.97 bits per heavy atom. The van der Waals surface area contributed by atoms with Crippen molar-refractivity contribution in [2.75, 3.05) is 18.9 Å². The second-order valence-electron chi connectivity index (χ2n) is 5.85. The maximum Gasteiger partial charge on any atom is 0.262 e. The van der Waals surface area contributed by atoms with E-state index in [1.54, 1.807) is 31.4 Å². The zero-order valence-corrected chi connectivity index (χ0v) is 16.3. The van der Waals surface area contributed by atoms with Crippen molar-refractivity contribution in [2.24, 2.45) is 0 Å². The summed E-state index contributed by atoms with van der Waals surface area (Å²) in [4.78, 5) is -0.538. The lowest BCUT2D eigenvalue weighted by atomic mass is 10.2. The van der Waals surface area contributed by atoms with Gasteiger partial charge in [0.25, 0.3) is 10.0 Å². The molecule has 152 valence electrons. The predicted molar refractivity (Wildman–Crippen MR) is 103 cm³/mol. The Bertz CT molecular complexity index is 1100. The van der Waals surface area contributed by atoms with Crippen LogP contribution in [0.15, 0.2) is 65.6 Å². The maximum absolute atomic E-state index is 13.4. The Balaban J connectivity index is 1.89. The van der Waals surface area contributed by atoms with Gasteiger partial charge in [-0.25, -0.2) is 17.2 Å². The van der Waals surface area contributed by atoms with Crippen LogP contribution >= 0.6 is 0 Å². The average molecular weight is 421 g/mol.